The van der Waals surface area contributed by atoms with Gasteiger partial charge in [0.2, 0.25) is 0 Å². The monoisotopic (exact) mass is 536 g/mol. The van der Waals surface area contributed by atoms with Gasteiger partial charge in [-0.15, -0.1) is 0 Å². The summed E-state index contributed by atoms with van der Waals surface area (Å²) in [6.45, 7) is 0. The summed E-state index contributed by atoms with van der Waals surface area (Å²) in [6.07, 6.45) is 0. The first-order chi connectivity index (χ1) is 12.4. The van der Waals surface area contributed by atoms with Crippen LogP contribution < -0.4 is 21.2 Å². The molecule has 0 aromatic heterocycles. The minimum atomic E-state index is -1.91. The largest absolute Gasteiger partial charge is 0.144 e. The van der Waals surface area contributed by atoms with E-state index in [4.69, 9.17) is 0 Å². The summed E-state index contributed by atoms with van der Waals surface area (Å²) in [5, 5.41) is 5.55. The molecule has 4 aromatic carbocycles. The summed E-state index contributed by atoms with van der Waals surface area (Å²) in [7, 11) is -1.91. The fourth-order valence-electron chi connectivity index (χ4n) is 3.50. The zero-order valence-electron chi connectivity index (χ0n) is 14.3. The summed E-state index contributed by atoms with van der Waals surface area (Å²) >= 11 is 0. The minimum Gasteiger partial charge on any atom is -0.0620 e. The quantitative estimate of drug-likeness (QED) is 0.270. The van der Waals surface area contributed by atoms with Gasteiger partial charge >= 0.3 is 0 Å². The van der Waals surface area contributed by atoms with Crippen LogP contribution in [0.4, 0.5) is 0 Å². The molecule has 1 radical (unpaired) electrons. The molecule has 0 bridgehead atoms. The molecule has 2 heteroatoms. The standard InChI is InChI=1S/C24H20P.Au/c1-5-13-21(14-6-1)25(22-15-7-2-8-16-22,23-17-9-3-10-18-23)24-19-11-4-12-20-24;/h1-20H;/q+1;. The normalized spacial score (nSPS) is 10.8. The molecule has 0 N–H and O–H groups in total. The van der Waals surface area contributed by atoms with Crippen molar-refractivity contribution in [2.24, 2.45) is 0 Å². The van der Waals surface area contributed by atoms with Crippen LogP contribution in [0.1, 0.15) is 0 Å². The predicted octanol–water partition coefficient (Wildman–Crippen LogP) is 4.30. The summed E-state index contributed by atoms with van der Waals surface area (Å²) in [5.74, 6) is 0. The molecule has 131 valence electrons. The second kappa shape index (κ2) is 8.62. The molecule has 0 amide bonds. The number of hydrogen-bond acceptors (Lipinski definition) is 0. The van der Waals surface area contributed by atoms with Crippen LogP contribution in [0.25, 0.3) is 0 Å². The van der Waals surface area contributed by atoms with Crippen molar-refractivity contribution >= 4 is 28.5 Å². The fraction of sp³-hybridized carbons (Fsp3) is 0. The van der Waals surface area contributed by atoms with Gasteiger partial charge in [-0.05, 0) is 48.5 Å². The Labute approximate surface area is 171 Å². The van der Waals surface area contributed by atoms with Crippen molar-refractivity contribution in [3.8, 4) is 0 Å². The van der Waals surface area contributed by atoms with Crippen LogP contribution in [0.3, 0.4) is 0 Å². The molecule has 4 rings (SSSR count). The molecular weight excluding hydrogens is 516 g/mol. The van der Waals surface area contributed by atoms with Crippen LogP contribution in [0, 0.1) is 0 Å². The third-order valence-electron chi connectivity index (χ3n) is 4.57. The maximum Gasteiger partial charge on any atom is 0.144 e. The van der Waals surface area contributed by atoms with Gasteiger partial charge in [0.1, 0.15) is 28.5 Å². The van der Waals surface area contributed by atoms with Crippen LogP contribution in [-0.2, 0) is 22.4 Å². The van der Waals surface area contributed by atoms with Crippen molar-refractivity contribution in [2.45, 2.75) is 0 Å². The minimum absolute atomic E-state index is 0. The second-order valence-corrected chi connectivity index (χ2v) is 9.42. The Bertz CT molecular complexity index is 759. The van der Waals surface area contributed by atoms with Gasteiger partial charge in [0.05, 0.1) is 0 Å². The maximum absolute atomic E-state index is 2.28. The van der Waals surface area contributed by atoms with Crippen LogP contribution in [0.2, 0.25) is 0 Å². The van der Waals surface area contributed by atoms with Gasteiger partial charge in [0.15, 0.2) is 0 Å². The molecule has 0 heterocycles. The van der Waals surface area contributed by atoms with Gasteiger partial charge in [0.25, 0.3) is 0 Å². The van der Waals surface area contributed by atoms with E-state index in [1.165, 1.54) is 21.2 Å². The zero-order chi connectivity index (χ0) is 17.0. The molecule has 0 unspecified atom stereocenters. The molecule has 0 fully saturated rings. The Hall–Kier alpha value is -1.95. The third kappa shape index (κ3) is 3.34. The molecule has 0 aliphatic rings. The summed E-state index contributed by atoms with van der Waals surface area (Å²) in [6, 6.07) is 43.8. The van der Waals surface area contributed by atoms with Crippen molar-refractivity contribution in [2.75, 3.05) is 0 Å². The zero-order valence-corrected chi connectivity index (χ0v) is 17.4. The van der Waals surface area contributed by atoms with Gasteiger partial charge < -0.3 is 0 Å². The molecule has 0 saturated carbocycles. The average molecular weight is 536 g/mol. The van der Waals surface area contributed by atoms with Gasteiger partial charge in [-0.1, -0.05) is 72.8 Å². The molecule has 0 saturated heterocycles. The van der Waals surface area contributed by atoms with E-state index in [9.17, 15) is 0 Å². The van der Waals surface area contributed by atoms with Crippen LogP contribution in [0.15, 0.2) is 121 Å². The molecule has 0 spiro atoms. The second-order valence-electron chi connectivity index (χ2n) is 6.01. The Balaban J connectivity index is 0.00000196. The van der Waals surface area contributed by atoms with Gasteiger partial charge in [0, 0.05) is 22.4 Å². The van der Waals surface area contributed by atoms with Crippen molar-refractivity contribution in [3.05, 3.63) is 121 Å². The summed E-state index contributed by atoms with van der Waals surface area (Å²) in [5.41, 5.74) is 0. The topological polar surface area (TPSA) is 0 Å². The van der Waals surface area contributed by atoms with Crippen molar-refractivity contribution in [3.63, 3.8) is 0 Å². The van der Waals surface area contributed by atoms with Crippen LogP contribution in [0.5, 0.6) is 0 Å². The average Bonchev–Trinajstić information content (AvgIpc) is 2.72. The maximum atomic E-state index is 2.28. The Morgan fingerprint density at radius 1 is 0.308 bits per heavy atom. The van der Waals surface area contributed by atoms with Gasteiger partial charge in [-0.2, -0.15) is 0 Å². The van der Waals surface area contributed by atoms with E-state index >= 15 is 0 Å². The van der Waals surface area contributed by atoms with E-state index in [1.54, 1.807) is 0 Å². The van der Waals surface area contributed by atoms with E-state index in [0.29, 0.717) is 0 Å². The Kier molecular flexibility index (Phi) is 6.25. The molecule has 4 aromatic rings. The Morgan fingerprint density at radius 2 is 0.500 bits per heavy atom. The first-order valence-corrected chi connectivity index (χ1v) is 10.3. The predicted molar refractivity (Wildman–Crippen MR) is 111 cm³/mol. The van der Waals surface area contributed by atoms with Crippen molar-refractivity contribution in [1.82, 2.24) is 0 Å². The first kappa shape index (κ1) is 18.8. The van der Waals surface area contributed by atoms with E-state index in [1.807, 2.05) is 0 Å². The molecule has 26 heavy (non-hydrogen) atoms. The van der Waals surface area contributed by atoms with Crippen LogP contribution in [-0.4, -0.2) is 0 Å². The SMILES string of the molecule is [Au].c1ccc([P+](c2ccccc2)(c2ccccc2)c2ccccc2)cc1. The molecular formula is C24H20AuP+. The van der Waals surface area contributed by atoms with Gasteiger partial charge in [-0.3, -0.25) is 0 Å². The molecule has 0 aliphatic carbocycles. The number of benzene rings is 4. The molecule has 0 nitrogen and oxygen atoms in total. The molecule has 0 aliphatic heterocycles. The number of hydrogen-bond donors (Lipinski definition) is 0. The van der Waals surface area contributed by atoms with Crippen molar-refractivity contribution < 1.29 is 22.4 Å². The van der Waals surface area contributed by atoms with E-state index in [-0.39, 0.29) is 22.4 Å². The fourth-order valence-corrected chi connectivity index (χ4v) is 7.77. The third-order valence-corrected chi connectivity index (χ3v) is 8.86. The van der Waals surface area contributed by atoms with Gasteiger partial charge in [-0.25, -0.2) is 0 Å². The summed E-state index contributed by atoms with van der Waals surface area (Å²) in [4.78, 5) is 0. The van der Waals surface area contributed by atoms with E-state index < -0.39 is 7.26 Å². The van der Waals surface area contributed by atoms with E-state index in [2.05, 4.69) is 121 Å². The van der Waals surface area contributed by atoms with Crippen LogP contribution >= 0.6 is 7.26 Å². The molecule has 0 atom stereocenters. The summed E-state index contributed by atoms with van der Waals surface area (Å²) < 4.78 is 0. The Morgan fingerprint density at radius 3 is 0.692 bits per heavy atom. The van der Waals surface area contributed by atoms with Crippen molar-refractivity contribution in [1.29, 1.82) is 0 Å². The smallest absolute Gasteiger partial charge is 0.0620 e. The van der Waals surface area contributed by atoms with E-state index in [0.717, 1.165) is 0 Å². The first-order valence-electron chi connectivity index (χ1n) is 8.54. The number of rotatable bonds is 4.